The molecule has 1 saturated carbocycles. The number of carbonyl (C=O) groups excluding carboxylic acids is 1. The number of nitrogens with zero attached hydrogens (tertiary/aromatic N) is 4. The molecule has 164 valence electrons. The maximum Gasteiger partial charge on any atom is 0.416 e. The van der Waals surface area contributed by atoms with Gasteiger partial charge in [-0.2, -0.15) is 13.2 Å². The average Bonchev–Trinajstić information content (AvgIpc) is 3.54. The highest BCUT2D eigenvalue weighted by Gasteiger charge is 2.42. The molecule has 0 bridgehead atoms. The number of aromatic nitrogens is 2. The fraction of sp³-hybridized carbons (Fsp3) is 0.500. The minimum absolute atomic E-state index is 0.182. The quantitative estimate of drug-likeness (QED) is 0.739. The van der Waals surface area contributed by atoms with Crippen LogP contribution in [-0.4, -0.2) is 52.6 Å². The summed E-state index contributed by atoms with van der Waals surface area (Å²) in [4.78, 5) is 25.5. The van der Waals surface area contributed by atoms with Crippen molar-refractivity contribution in [2.24, 2.45) is 0 Å². The number of carbonyl (C=O) groups is 1. The molecule has 0 N–H and O–H groups in total. The van der Waals surface area contributed by atoms with E-state index < -0.39 is 17.8 Å². The molecule has 2 aromatic rings. The van der Waals surface area contributed by atoms with E-state index in [4.69, 9.17) is 4.74 Å². The highest BCUT2D eigenvalue weighted by molar-refractivity contribution is 5.97. The summed E-state index contributed by atoms with van der Waals surface area (Å²) in [6.45, 7) is 1.67. The van der Waals surface area contributed by atoms with Crippen LogP contribution in [0, 0.1) is 0 Å². The number of halogens is 3. The first kappa shape index (κ1) is 20.2. The van der Waals surface area contributed by atoms with Crippen LogP contribution in [0.25, 0.3) is 0 Å². The van der Waals surface area contributed by atoms with E-state index in [1.165, 1.54) is 11.0 Å². The highest BCUT2D eigenvalue weighted by atomic mass is 19.4. The smallest absolute Gasteiger partial charge is 0.416 e. The largest absolute Gasteiger partial charge is 0.472 e. The minimum Gasteiger partial charge on any atom is -0.472 e. The number of benzene rings is 1. The third-order valence-corrected chi connectivity index (χ3v) is 6.16. The Bertz CT molecular complexity index is 962. The van der Waals surface area contributed by atoms with Gasteiger partial charge in [-0.25, -0.2) is 4.98 Å². The lowest BCUT2D eigenvalue weighted by molar-refractivity contribution is -0.137. The lowest BCUT2D eigenvalue weighted by Gasteiger charge is -2.25. The van der Waals surface area contributed by atoms with E-state index in [1.54, 1.807) is 18.5 Å². The van der Waals surface area contributed by atoms with Crippen molar-refractivity contribution < 1.29 is 22.7 Å². The average molecular weight is 432 g/mol. The lowest BCUT2D eigenvalue weighted by Crippen LogP contribution is -2.42. The molecule has 6 nitrogen and oxygen atoms in total. The molecule has 5 rings (SSSR count). The molecule has 1 aliphatic carbocycles. The van der Waals surface area contributed by atoms with Crippen LogP contribution in [0.3, 0.4) is 0 Å². The van der Waals surface area contributed by atoms with Crippen LogP contribution in [-0.2, 0) is 11.0 Å². The SMILES string of the molecule is O=C1[C@H]2C[C@@H](Oc3cnc(C4CC4)cn3)CN2CCCN1c1cccc(C(F)(F)F)c1. The molecule has 2 aliphatic heterocycles. The number of amides is 1. The molecule has 9 heteroatoms. The number of ether oxygens (including phenoxy) is 1. The summed E-state index contributed by atoms with van der Waals surface area (Å²) in [6, 6.07) is 4.56. The van der Waals surface area contributed by atoms with Gasteiger partial charge in [-0.15, -0.1) is 0 Å². The summed E-state index contributed by atoms with van der Waals surface area (Å²) in [5, 5.41) is 0. The van der Waals surface area contributed by atoms with Crippen LogP contribution < -0.4 is 9.64 Å². The maximum atomic E-state index is 13.2. The number of anilines is 1. The third kappa shape index (κ3) is 4.23. The van der Waals surface area contributed by atoms with Crippen LogP contribution in [0.5, 0.6) is 5.88 Å². The van der Waals surface area contributed by atoms with Crippen molar-refractivity contribution in [3.05, 3.63) is 47.9 Å². The Morgan fingerprint density at radius 2 is 1.94 bits per heavy atom. The van der Waals surface area contributed by atoms with Crippen LogP contribution in [0.2, 0.25) is 0 Å². The zero-order chi connectivity index (χ0) is 21.6. The van der Waals surface area contributed by atoms with Crippen LogP contribution in [0.1, 0.15) is 42.9 Å². The lowest BCUT2D eigenvalue weighted by atomic mass is 10.1. The molecule has 1 aromatic heterocycles. The zero-order valence-electron chi connectivity index (χ0n) is 16.9. The van der Waals surface area contributed by atoms with E-state index in [1.807, 2.05) is 0 Å². The molecule has 3 aliphatic rings. The summed E-state index contributed by atoms with van der Waals surface area (Å²) in [7, 11) is 0. The molecule has 0 spiro atoms. The maximum absolute atomic E-state index is 13.2. The minimum atomic E-state index is -4.45. The standard InChI is InChI=1S/C22H23F3N4O2/c23-22(24,25)15-3-1-4-16(9-15)29-8-2-7-28-13-17(10-19(28)21(29)30)31-20-12-26-18(11-27-20)14-5-6-14/h1,3-4,9,11-12,14,17,19H,2,5-8,10,13H2/t17-,19-/m1/s1. The Kier molecular flexibility index (Phi) is 5.08. The van der Waals surface area contributed by atoms with Gasteiger partial charge in [-0.1, -0.05) is 6.07 Å². The van der Waals surface area contributed by atoms with E-state index >= 15 is 0 Å². The summed E-state index contributed by atoms with van der Waals surface area (Å²) in [5.41, 5.74) is 0.520. The summed E-state index contributed by atoms with van der Waals surface area (Å²) < 4.78 is 45.3. The second-order valence-corrected chi connectivity index (χ2v) is 8.43. The van der Waals surface area contributed by atoms with Crippen molar-refractivity contribution in [1.82, 2.24) is 14.9 Å². The number of rotatable bonds is 4. The fourth-order valence-corrected chi connectivity index (χ4v) is 4.43. The molecule has 2 atom stereocenters. The second kappa shape index (κ2) is 7.78. The van der Waals surface area contributed by atoms with Gasteiger partial charge in [-0.05, 0) is 37.5 Å². The first-order chi connectivity index (χ1) is 14.9. The van der Waals surface area contributed by atoms with E-state index in [0.29, 0.717) is 44.3 Å². The van der Waals surface area contributed by atoms with E-state index in [2.05, 4.69) is 14.9 Å². The first-order valence-corrected chi connectivity index (χ1v) is 10.6. The van der Waals surface area contributed by atoms with Crippen molar-refractivity contribution >= 4 is 11.6 Å². The van der Waals surface area contributed by atoms with Crippen molar-refractivity contribution in [2.45, 2.75) is 49.9 Å². The highest BCUT2D eigenvalue weighted by Crippen LogP contribution is 2.39. The van der Waals surface area contributed by atoms with Gasteiger partial charge in [0.2, 0.25) is 11.8 Å². The van der Waals surface area contributed by atoms with Crippen molar-refractivity contribution in [3.63, 3.8) is 0 Å². The normalized spacial score (nSPS) is 24.7. The van der Waals surface area contributed by atoms with Crippen molar-refractivity contribution in [2.75, 3.05) is 24.5 Å². The molecule has 1 amide bonds. The molecule has 1 aromatic carbocycles. The predicted molar refractivity (Wildman–Crippen MR) is 107 cm³/mol. The molecule has 31 heavy (non-hydrogen) atoms. The first-order valence-electron chi connectivity index (χ1n) is 10.6. The molecule has 0 radical (unpaired) electrons. The van der Waals surface area contributed by atoms with E-state index in [0.717, 1.165) is 30.7 Å². The van der Waals surface area contributed by atoms with Gasteiger partial charge >= 0.3 is 6.18 Å². The molecular weight excluding hydrogens is 409 g/mol. The monoisotopic (exact) mass is 432 g/mol. The van der Waals surface area contributed by atoms with Gasteiger partial charge in [-0.3, -0.25) is 14.7 Å². The summed E-state index contributed by atoms with van der Waals surface area (Å²) >= 11 is 0. The zero-order valence-corrected chi connectivity index (χ0v) is 16.9. The molecule has 3 heterocycles. The van der Waals surface area contributed by atoms with Crippen LogP contribution >= 0.6 is 0 Å². The number of alkyl halides is 3. The Hall–Kier alpha value is -2.68. The van der Waals surface area contributed by atoms with Crippen LogP contribution in [0.15, 0.2) is 36.7 Å². The van der Waals surface area contributed by atoms with Crippen LogP contribution in [0.4, 0.5) is 18.9 Å². The Labute approximate surface area is 178 Å². The van der Waals surface area contributed by atoms with Gasteiger partial charge in [0.25, 0.3) is 0 Å². The third-order valence-electron chi connectivity index (χ3n) is 6.16. The summed E-state index contributed by atoms with van der Waals surface area (Å²) in [6.07, 6.45) is 2.18. The second-order valence-electron chi connectivity index (χ2n) is 8.43. The fourth-order valence-electron chi connectivity index (χ4n) is 4.43. The van der Waals surface area contributed by atoms with Gasteiger partial charge in [0.15, 0.2) is 0 Å². The van der Waals surface area contributed by atoms with Gasteiger partial charge < -0.3 is 9.64 Å². The Morgan fingerprint density at radius 1 is 1.10 bits per heavy atom. The van der Waals surface area contributed by atoms with Crippen molar-refractivity contribution in [1.29, 1.82) is 0 Å². The molecule has 0 unspecified atom stereocenters. The number of fused-ring (bicyclic) bond motifs is 1. The van der Waals surface area contributed by atoms with Crippen molar-refractivity contribution in [3.8, 4) is 5.88 Å². The number of hydrogen-bond donors (Lipinski definition) is 0. The van der Waals surface area contributed by atoms with Gasteiger partial charge in [0, 0.05) is 37.7 Å². The Balaban J connectivity index is 1.29. The molecular formula is C22H23F3N4O2. The molecule has 2 saturated heterocycles. The predicted octanol–water partition coefficient (Wildman–Crippen LogP) is 3.63. The van der Waals surface area contributed by atoms with Gasteiger partial charge in [0.05, 0.1) is 29.7 Å². The number of hydrogen-bond acceptors (Lipinski definition) is 5. The summed E-state index contributed by atoms with van der Waals surface area (Å²) in [5.74, 6) is 0.776. The van der Waals surface area contributed by atoms with Gasteiger partial charge in [0.1, 0.15) is 6.10 Å². The van der Waals surface area contributed by atoms with E-state index in [9.17, 15) is 18.0 Å². The van der Waals surface area contributed by atoms with E-state index in [-0.39, 0.29) is 17.7 Å². The molecule has 3 fully saturated rings. The Morgan fingerprint density at radius 3 is 2.65 bits per heavy atom. The topological polar surface area (TPSA) is 58.6 Å².